The SMILES string of the molecule is COCOc1ccc2c(c1)CC[C@@H]1[C@@H]2CC[C@@]2(C)[C@H]1CC[C@]2(C#Cc1ccc(N(C)C)cc1)OCOC. The van der Waals surface area contributed by atoms with Crippen LogP contribution < -0.4 is 9.64 Å². The van der Waals surface area contributed by atoms with Crippen LogP contribution in [0.2, 0.25) is 0 Å². The number of ether oxygens (including phenoxy) is 4. The molecule has 0 spiro atoms. The monoisotopic (exact) mass is 503 g/mol. The molecule has 0 N–H and O–H groups in total. The van der Waals surface area contributed by atoms with Crippen LogP contribution in [0.25, 0.3) is 0 Å². The smallest absolute Gasteiger partial charge is 0.188 e. The predicted molar refractivity (Wildman–Crippen MR) is 147 cm³/mol. The summed E-state index contributed by atoms with van der Waals surface area (Å²) in [6.45, 7) is 3.00. The highest BCUT2D eigenvalue weighted by Gasteiger charge is 2.62. The minimum absolute atomic E-state index is 0.00228. The van der Waals surface area contributed by atoms with Crippen molar-refractivity contribution in [1.29, 1.82) is 0 Å². The van der Waals surface area contributed by atoms with Gasteiger partial charge in [0, 0.05) is 45.0 Å². The maximum Gasteiger partial charge on any atom is 0.188 e. The van der Waals surface area contributed by atoms with E-state index in [0.29, 0.717) is 17.8 Å². The van der Waals surface area contributed by atoms with Crippen LogP contribution in [0.4, 0.5) is 5.69 Å². The van der Waals surface area contributed by atoms with Gasteiger partial charge in [-0.3, -0.25) is 0 Å². The van der Waals surface area contributed by atoms with Crippen molar-refractivity contribution in [3.05, 3.63) is 59.2 Å². The number of methoxy groups -OCH3 is 2. The summed E-state index contributed by atoms with van der Waals surface area (Å²) in [7, 11) is 7.48. The molecular weight excluding hydrogens is 462 g/mol. The van der Waals surface area contributed by atoms with E-state index in [1.54, 1.807) is 14.2 Å². The van der Waals surface area contributed by atoms with Crippen LogP contribution in [0.15, 0.2) is 42.5 Å². The average molecular weight is 504 g/mol. The summed E-state index contributed by atoms with van der Waals surface area (Å²) in [6.07, 6.45) is 6.70. The van der Waals surface area contributed by atoms with Gasteiger partial charge in [-0.15, -0.1) is 0 Å². The summed E-state index contributed by atoms with van der Waals surface area (Å²) in [6, 6.07) is 15.1. The van der Waals surface area contributed by atoms with Gasteiger partial charge in [0.15, 0.2) is 6.79 Å². The van der Waals surface area contributed by atoms with Gasteiger partial charge in [0.2, 0.25) is 0 Å². The average Bonchev–Trinajstić information content (AvgIpc) is 3.21. The van der Waals surface area contributed by atoms with Crippen molar-refractivity contribution in [3.8, 4) is 17.6 Å². The molecule has 2 aromatic rings. The first-order chi connectivity index (χ1) is 17.9. The van der Waals surface area contributed by atoms with E-state index in [2.05, 4.69) is 80.2 Å². The molecule has 198 valence electrons. The third kappa shape index (κ3) is 4.76. The molecule has 0 unspecified atom stereocenters. The van der Waals surface area contributed by atoms with Gasteiger partial charge in [0.25, 0.3) is 0 Å². The van der Waals surface area contributed by atoms with Gasteiger partial charge in [0.05, 0.1) is 0 Å². The van der Waals surface area contributed by atoms with Crippen LogP contribution in [0, 0.1) is 29.1 Å². The van der Waals surface area contributed by atoms with Crippen molar-refractivity contribution in [2.45, 2.75) is 57.0 Å². The molecule has 5 nitrogen and oxygen atoms in total. The van der Waals surface area contributed by atoms with Gasteiger partial charge in [-0.25, -0.2) is 0 Å². The zero-order chi connectivity index (χ0) is 26.0. The van der Waals surface area contributed by atoms with Gasteiger partial charge in [-0.1, -0.05) is 24.8 Å². The zero-order valence-electron chi connectivity index (χ0n) is 23.0. The van der Waals surface area contributed by atoms with Gasteiger partial charge in [0.1, 0.15) is 18.1 Å². The lowest BCUT2D eigenvalue weighted by Crippen LogP contribution is -2.51. The second-order valence-electron chi connectivity index (χ2n) is 11.4. The Morgan fingerprint density at radius 2 is 1.73 bits per heavy atom. The summed E-state index contributed by atoms with van der Waals surface area (Å²) in [5, 5.41) is 0. The molecule has 0 aliphatic heterocycles. The van der Waals surface area contributed by atoms with Gasteiger partial charge in [-0.05, 0) is 104 Å². The number of hydrogen-bond donors (Lipinski definition) is 0. The van der Waals surface area contributed by atoms with E-state index in [9.17, 15) is 0 Å². The molecule has 2 saturated carbocycles. The molecule has 0 aromatic heterocycles. The van der Waals surface area contributed by atoms with E-state index >= 15 is 0 Å². The molecular formula is C32H41NO4. The van der Waals surface area contributed by atoms with Crippen LogP contribution in [-0.4, -0.2) is 47.5 Å². The Labute approximate surface area is 222 Å². The largest absolute Gasteiger partial charge is 0.468 e. The van der Waals surface area contributed by atoms with E-state index in [1.165, 1.54) is 29.7 Å². The Hall–Kier alpha value is -2.52. The van der Waals surface area contributed by atoms with E-state index in [-0.39, 0.29) is 19.0 Å². The minimum atomic E-state index is -0.489. The Kier molecular flexibility index (Phi) is 7.54. The lowest BCUT2D eigenvalue weighted by Gasteiger charge is -2.53. The predicted octanol–water partition coefficient (Wildman–Crippen LogP) is 6.00. The van der Waals surface area contributed by atoms with E-state index < -0.39 is 5.60 Å². The Balaban J connectivity index is 1.42. The fourth-order valence-electron chi connectivity index (χ4n) is 7.43. The lowest BCUT2D eigenvalue weighted by molar-refractivity contribution is -0.162. The van der Waals surface area contributed by atoms with Crippen molar-refractivity contribution in [2.75, 3.05) is 46.8 Å². The normalized spacial score (nSPS) is 29.9. The number of nitrogens with zero attached hydrogens (tertiary/aromatic N) is 1. The van der Waals surface area contributed by atoms with Crippen LogP contribution in [-0.2, 0) is 20.6 Å². The highest BCUT2D eigenvalue weighted by molar-refractivity contribution is 5.50. The van der Waals surface area contributed by atoms with E-state index in [1.807, 2.05) is 0 Å². The lowest BCUT2D eigenvalue weighted by atomic mass is 9.53. The molecule has 5 rings (SSSR count). The quantitative estimate of drug-likeness (QED) is 0.342. The van der Waals surface area contributed by atoms with Gasteiger partial charge >= 0.3 is 0 Å². The molecule has 0 amide bonds. The highest BCUT2D eigenvalue weighted by Crippen LogP contribution is 2.65. The number of anilines is 1. The standard InChI is InChI=1S/C32H41NO4/c1-31-17-15-28-27-13-11-26(36-21-34-4)20-24(27)8-12-29(28)30(31)16-19-32(31,37-22-35-5)18-14-23-6-9-25(10-7-23)33(2)3/h6-7,9-11,13,20,28-30H,8,12,15-17,19,21-22H2,1-5H3/t28-,29-,30+,31+,32+/m1/s1. The molecule has 5 atom stereocenters. The van der Waals surface area contributed by atoms with Crippen LogP contribution >= 0.6 is 0 Å². The van der Waals surface area contributed by atoms with Crippen molar-refractivity contribution < 1.29 is 18.9 Å². The van der Waals surface area contributed by atoms with Crippen LogP contribution in [0.5, 0.6) is 5.75 Å². The van der Waals surface area contributed by atoms with Crippen molar-refractivity contribution in [3.63, 3.8) is 0 Å². The molecule has 0 heterocycles. The molecule has 0 radical (unpaired) electrons. The van der Waals surface area contributed by atoms with Crippen molar-refractivity contribution in [2.24, 2.45) is 17.3 Å². The zero-order valence-corrected chi connectivity index (χ0v) is 23.0. The first kappa shape index (κ1) is 26.1. The molecule has 2 aromatic carbocycles. The molecule has 0 bridgehead atoms. The maximum atomic E-state index is 6.57. The molecule has 3 aliphatic rings. The van der Waals surface area contributed by atoms with Crippen LogP contribution in [0.3, 0.4) is 0 Å². The molecule has 2 fully saturated rings. The number of benzene rings is 2. The Morgan fingerprint density at radius 3 is 2.46 bits per heavy atom. The first-order valence-electron chi connectivity index (χ1n) is 13.6. The Morgan fingerprint density at radius 1 is 0.946 bits per heavy atom. The molecule has 0 saturated heterocycles. The van der Waals surface area contributed by atoms with E-state index in [4.69, 9.17) is 18.9 Å². The summed E-state index contributed by atoms with van der Waals surface area (Å²) >= 11 is 0. The summed E-state index contributed by atoms with van der Waals surface area (Å²) in [5.41, 5.74) is 4.69. The number of fused-ring (bicyclic) bond motifs is 5. The van der Waals surface area contributed by atoms with Crippen molar-refractivity contribution >= 4 is 5.69 Å². The Bertz CT molecular complexity index is 1150. The number of rotatable bonds is 7. The second kappa shape index (κ2) is 10.7. The fraction of sp³-hybridized carbons (Fsp3) is 0.562. The highest BCUT2D eigenvalue weighted by atomic mass is 16.7. The van der Waals surface area contributed by atoms with Crippen molar-refractivity contribution in [1.82, 2.24) is 0 Å². The third-order valence-corrected chi connectivity index (χ3v) is 9.38. The summed E-state index contributed by atoms with van der Waals surface area (Å²) in [4.78, 5) is 2.11. The summed E-state index contributed by atoms with van der Waals surface area (Å²) < 4.78 is 22.8. The second-order valence-corrected chi connectivity index (χ2v) is 11.4. The minimum Gasteiger partial charge on any atom is -0.468 e. The number of aryl methyl sites for hydroxylation is 1. The molecule has 3 aliphatic carbocycles. The fourth-order valence-corrected chi connectivity index (χ4v) is 7.43. The van der Waals surface area contributed by atoms with E-state index in [0.717, 1.165) is 37.0 Å². The van der Waals surface area contributed by atoms with Crippen LogP contribution in [0.1, 0.15) is 61.6 Å². The van der Waals surface area contributed by atoms with Gasteiger partial charge in [-0.2, -0.15) is 0 Å². The maximum absolute atomic E-state index is 6.57. The van der Waals surface area contributed by atoms with Gasteiger partial charge < -0.3 is 23.8 Å². The summed E-state index contributed by atoms with van der Waals surface area (Å²) in [5.74, 6) is 9.93. The third-order valence-electron chi connectivity index (χ3n) is 9.38. The molecule has 37 heavy (non-hydrogen) atoms. The topological polar surface area (TPSA) is 40.2 Å². The number of hydrogen-bond acceptors (Lipinski definition) is 5. The molecule has 5 heteroatoms. The first-order valence-corrected chi connectivity index (χ1v) is 13.6.